The van der Waals surface area contributed by atoms with Gasteiger partial charge in [0.2, 0.25) is 0 Å². The molecule has 12 nitrogen and oxygen atoms in total. The predicted octanol–water partition coefficient (Wildman–Crippen LogP) is -2.08. The average Bonchev–Trinajstić information content (AvgIpc) is 2.53. The highest BCUT2D eigenvalue weighted by Gasteiger charge is 2.63. The quantitative estimate of drug-likeness (QED) is 0.290. The van der Waals surface area contributed by atoms with Crippen molar-refractivity contribution in [3.63, 3.8) is 0 Å². The Morgan fingerprint density at radius 3 is 1.00 bits per heavy atom. The smallest absolute Gasteiger partial charge is 0.285 e. The molecule has 0 aliphatic carbocycles. The van der Waals surface area contributed by atoms with Crippen molar-refractivity contribution in [1.29, 1.82) is 0 Å². The van der Waals surface area contributed by atoms with Crippen molar-refractivity contribution >= 4 is 46.6 Å². The highest BCUT2D eigenvalue weighted by molar-refractivity contribution is 9.18. The van der Waals surface area contributed by atoms with Crippen LogP contribution < -0.4 is 0 Å². The zero-order valence-corrected chi connectivity index (χ0v) is 13.7. The zero-order valence-electron chi connectivity index (χ0n) is 9.66. The van der Waals surface area contributed by atoms with Crippen molar-refractivity contribution in [2.24, 2.45) is 0 Å². The lowest BCUT2D eigenvalue weighted by Crippen LogP contribution is -2.38. The maximum atomic E-state index is 11.2. The van der Waals surface area contributed by atoms with Gasteiger partial charge in [0, 0.05) is 19.6 Å². The molecule has 0 aromatic heterocycles. The van der Waals surface area contributed by atoms with Crippen LogP contribution in [0.4, 0.5) is 0 Å². The average molecular weight is 410 g/mol. The molecule has 4 N–H and O–H groups in total. The van der Waals surface area contributed by atoms with Gasteiger partial charge in [-0.1, -0.05) is 0 Å². The van der Waals surface area contributed by atoms with Gasteiger partial charge in [0.1, 0.15) is 10.5 Å². The molecule has 0 radical (unpaired) electrons. The lowest BCUT2D eigenvalue weighted by molar-refractivity contribution is 0.450. The highest BCUT2D eigenvalue weighted by Crippen LogP contribution is 2.64. The molecule has 1 fully saturated rings. The molecule has 1 aliphatic heterocycles. The van der Waals surface area contributed by atoms with Gasteiger partial charge in [-0.15, -0.1) is 0 Å². The molecule has 0 bridgehead atoms. The largest absolute Gasteiger partial charge is 0.316 e. The van der Waals surface area contributed by atoms with E-state index < -0.39 is 68.6 Å². The monoisotopic (exact) mass is 410 g/mol. The van der Waals surface area contributed by atoms with Crippen LogP contribution in [0.5, 0.6) is 0 Å². The van der Waals surface area contributed by atoms with E-state index in [9.17, 15) is 33.7 Å². The first kappa shape index (κ1) is 19.0. The third-order valence-electron chi connectivity index (χ3n) is 2.78. The zero-order chi connectivity index (χ0) is 17.1. The molecule has 21 heavy (non-hydrogen) atoms. The van der Waals surface area contributed by atoms with Crippen molar-refractivity contribution in [3.8, 4) is 0 Å². The predicted molar refractivity (Wildman–Crippen MR) is 71.1 cm³/mol. The first-order chi connectivity index (χ1) is 8.93. The normalized spacial score (nSPS) is 29.1. The number of hydrogen-bond donors (Lipinski definition) is 4. The fourth-order valence-corrected chi connectivity index (χ4v) is 16.6. The minimum Gasteiger partial charge on any atom is -0.285 e. The lowest BCUT2D eigenvalue weighted by atomic mass is 10.4. The SMILES string of the molecule is O=S(=O)(O)C1CS(S(=O)(=O)O)(S(=O)(=O)O)CC1S(=O)(=O)O. The topological polar surface area (TPSA) is 217 Å². The van der Waals surface area contributed by atoms with E-state index in [0.29, 0.717) is 0 Å². The molecule has 1 aliphatic rings. The Kier molecular flexibility index (Phi) is 4.53. The summed E-state index contributed by atoms with van der Waals surface area (Å²) in [7, 11) is -26.5. The minimum atomic E-state index is -5.61. The van der Waals surface area contributed by atoms with Crippen molar-refractivity contribution in [2.75, 3.05) is 11.5 Å². The van der Waals surface area contributed by atoms with Crippen LogP contribution in [-0.4, -0.2) is 73.9 Å². The van der Waals surface area contributed by atoms with Gasteiger partial charge in [-0.25, -0.2) is 0 Å². The molecule has 0 aromatic rings. The van der Waals surface area contributed by atoms with E-state index in [-0.39, 0.29) is 0 Å². The Morgan fingerprint density at radius 2 is 0.857 bits per heavy atom. The Balaban J connectivity index is 3.73. The van der Waals surface area contributed by atoms with Gasteiger partial charge in [-0.2, -0.15) is 33.7 Å². The van der Waals surface area contributed by atoms with Gasteiger partial charge < -0.3 is 0 Å². The van der Waals surface area contributed by atoms with Crippen LogP contribution >= 0.6 is 8.09 Å². The van der Waals surface area contributed by atoms with Gasteiger partial charge in [0.15, 0.2) is 0 Å². The van der Waals surface area contributed by atoms with Gasteiger partial charge in [0.05, 0.1) is 0 Å². The standard InChI is InChI=1S/C4H10O12S5/c5-18(6,7)3-1-17(20(11,12)13,21(14,15)16)2-4(3)19(8,9)10/h3-4H,1-2H2,(H,5,6,7)(H,8,9,10)(H,11,12,13)(H,14,15,16). The minimum absolute atomic E-state index is 1.59. The Morgan fingerprint density at radius 1 is 0.619 bits per heavy atom. The van der Waals surface area contributed by atoms with Crippen LogP contribution in [0.25, 0.3) is 0 Å². The number of rotatable bonds is 4. The summed E-state index contributed by atoms with van der Waals surface area (Å²) in [5, 5.41) is -5.07. The molecule has 0 saturated carbocycles. The van der Waals surface area contributed by atoms with E-state index in [4.69, 9.17) is 18.2 Å². The molecule has 128 valence electrons. The summed E-state index contributed by atoms with van der Waals surface area (Å²) in [6, 6.07) is 0. The van der Waals surface area contributed by atoms with Crippen molar-refractivity contribution in [3.05, 3.63) is 0 Å². The maximum Gasteiger partial charge on any atom is 0.316 e. The summed E-state index contributed by atoms with van der Waals surface area (Å²) in [5.74, 6) is -3.18. The molecule has 1 saturated heterocycles. The molecule has 0 spiro atoms. The molecule has 0 amide bonds. The van der Waals surface area contributed by atoms with Gasteiger partial charge in [-0.05, 0) is 0 Å². The molecular formula is C4H10O12S5. The Labute approximate surface area is 120 Å². The van der Waals surface area contributed by atoms with Gasteiger partial charge in [-0.3, -0.25) is 18.2 Å². The molecule has 17 heteroatoms. The van der Waals surface area contributed by atoms with Crippen molar-refractivity contribution in [2.45, 2.75) is 10.5 Å². The second-order valence-electron chi connectivity index (χ2n) is 4.04. The van der Waals surface area contributed by atoms with Crippen LogP contribution in [0.1, 0.15) is 0 Å². The van der Waals surface area contributed by atoms with E-state index in [0.717, 1.165) is 0 Å². The summed E-state index contributed by atoms with van der Waals surface area (Å²) in [5.41, 5.74) is 0. The Hall–Kier alpha value is -0.0100. The van der Waals surface area contributed by atoms with E-state index in [1.807, 2.05) is 0 Å². The summed E-state index contributed by atoms with van der Waals surface area (Å²) in [4.78, 5) is 0. The third kappa shape index (κ3) is 3.34. The molecule has 1 rings (SSSR count). The van der Waals surface area contributed by atoms with E-state index in [1.54, 1.807) is 0 Å². The van der Waals surface area contributed by atoms with Gasteiger partial charge in [0.25, 0.3) is 20.2 Å². The number of hydrogen-bond acceptors (Lipinski definition) is 8. The fraction of sp³-hybridized carbons (Fsp3) is 1.00. The summed E-state index contributed by atoms with van der Waals surface area (Å²) in [6.07, 6.45) is 0. The summed E-state index contributed by atoms with van der Waals surface area (Å²) < 4.78 is 125. The lowest BCUT2D eigenvalue weighted by Gasteiger charge is -2.27. The second-order valence-corrected chi connectivity index (χ2v) is 18.2. The maximum absolute atomic E-state index is 11.2. The van der Waals surface area contributed by atoms with Crippen LogP contribution in [0.15, 0.2) is 0 Å². The highest BCUT2D eigenvalue weighted by atomic mass is 33.6. The van der Waals surface area contributed by atoms with Crippen LogP contribution in [0.3, 0.4) is 0 Å². The van der Waals surface area contributed by atoms with Crippen LogP contribution in [0.2, 0.25) is 0 Å². The van der Waals surface area contributed by atoms with Gasteiger partial charge >= 0.3 is 18.3 Å². The van der Waals surface area contributed by atoms with Crippen LogP contribution in [-0.2, 0) is 38.5 Å². The third-order valence-corrected chi connectivity index (χ3v) is 18.5. The van der Waals surface area contributed by atoms with Crippen LogP contribution in [0, 0.1) is 0 Å². The second kappa shape index (κ2) is 4.99. The van der Waals surface area contributed by atoms with Crippen molar-refractivity contribution < 1.29 is 51.9 Å². The Bertz CT molecular complexity index is 769. The molecule has 0 aromatic carbocycles. The van der Waals surface area contributed by atoms with E-state index in [2.05, 4.69) is 0 Å². The molecule has 1 heterocycles. The molecule has 2 atom stereocenters. The van der Waals surface area contributed by atoms with Crippen molar-refractivity contribution in [1.82, 2.24) is 0 Å². The fourth-order valence-electron chi connectivity index (χ4n) is 1.79. The summed E-state index contributed by atoms with van der Waals surface area (Å²) in [6.45, 7) is 0. The first-order valence-electron chi connectivity index (χ1n) is 4.60. The van der Waals surface area contributed by atoms with E-state index >= 15 is 0 Å². The summed E-state index contributed by atoms with van der Waals surface area (Å²) >= 11 is 0. The molecule has 2 unspecified atom stereocenters. The molecular weight excluding hydrogens is 400 g/mol. The first-order valence-corrected chi connectivity index (χ1v) is 13.5. The van der Waals surface area contributed by atoms with E-state index in [1.165, 1.54) is 0 Å².